The quantitative estimate of drug-likeness (QED) is 0.468. The molecule has 7 nitrogen and oxygen atoms in total. The number of halogens is 1. The average Bonchev–Trinajstić information content (AvgIpc) is 3.44. The van der Waals surface area contributed by atoms with Crippen LogP contribution in [0.15, 0.2) is 73.4 Å². The number of hydrogen-bond acceptors (Lipinski definition) is 5. The highest BCUT2D eigenvalue weighted by Gasteiger charge is 2.15. The first-order valence-corrected chi connectivity index (χ1v) is 9.03. The minimum Gasteiger partial charge on any atom is -0.307 e. The van der Waals surface area contributed by atoms with E-state index in [1.54, 1.807) is 35.6 Å². The van der Waals surface area contributed by atoms with Crippen molar-refractivity contribution in [3.8, 4) is 16.9 Å². The highest BCUT2D eigenvalue weighted by atomic mass is 19.1. The molecule has 0 amide bonds. The fourth-order valence-corrected chi connectivity index (χ4v) is 3.26. The van der Waals surface area contributed by atoms with Crippen LogP contribution in [0, 0.1) is 0 Å². The monoisotopic (exact) mass is 385 g/mol. The van der Waals surface area contributed by atoms with Crippen LogP contribution in [-0.4, -0.2) is 29.7 Å². The molecule has 5 rings (SSSR count). The van der Waals surface area contributed by atoms with Crippen LogP contribution in [0.1, 0.15) is 5.56 Å². The summed E-state index contributed by atoms with van der Waals surface area (Å²) in [6, 6.07) is 15.1. The molecule has 0 aliphatic carbocycles. The van der Waals surface area contributed by atoms with Crippen molar-refractivity contribution in [3.05, 3.63) is 79.0 Å². The lowest BCUT2D eigenvalue weighted by molar-refractivity contribution is 0.486. The molecule has 0 bridgehead atoms. The number of anilines is 2. The Morgan fingerprint density at radius 2 is 1.93 bits per heavy atom. The molecule has 2 aromatic carbocycles. The maximum atomic E-state index is 13.6. The molecule has 0 aliphatic rings. The van der Waals surface area contributed by atoms with Gasteiger partial charge in [0.25, 0.3) is 0 Å². The smallest absolute Gasteiger partial charge is 0.229 e. The first kappa shape index (κ1) is 17.1. The number of alkyl halides is 1. The molecule has 0 fully saturated rings. The summed E-state index contributed by atoms with van der Waals surface area (Å²) >= 11 is 0. The van der Waals surface area contributed by atoms with E-state index in [-0.39, 0.29) is 0 Å². The van der Waals surface area contributed by atoms with Crippen molar-refractivity contribution >= 4 is 22.7 Å². The average molecular weight is 385 g/mol. The molecule has 5 aromatic rings. The van der Waals surface area contributed by atoms with Gasteiger partial charge in [-0.25, -0.2) is 19.3 Å². The second-order valence-electron chi connectivity index (χ2n) is 6.43. The topological polar surface area (TPSA) is 84.3 Å². The second-order valence-corrected chi connectivity index (χ2v) is 6.43. The van der Waals surface area contributed by atoms with Crippen LogP contribution in [0.3, 0.4) is 0 Å². The minimum absolute atomic E-state index is 0.370. The van der Waals surface area contributed by atoms with Crippen molar-refractivity contribution in [2.24, 2.45) is 0 Å². The lowest BCUT2D eigenvalue weighted by atomic mass is 10.0. The van der Waals surface area contributed by atoms with E-state index in [0.29, 0.717) is 34.3 Å². The summed E-state index contributed by atoms with van der Waals surface area (Å²) in [6.45, 7) is -0.587. The van der Waals surface area contributed by atoms with Crippen molar-refractivity contribution in [1.29, 1.82) is 0 Å². The van der Waals surface area contributed by atoms with Gasteiger partial charge in [-0.1, -0.05) is 36.4 Å². The molecule has 8 heteroatoms. The third-order valence-corrected chi connectivity index (χ3v) is 4.67. The molecular weight excluding hydrogens is 369 g/mol. The molecule has 0 saturated carbocycles. The zero-order chi connectivity index (χ0) is 19.6. The van der Waals surface area contributed by atoms with Gasteiger partial charge in [-0.3, -0.25) is 5.10 Å². The third-order valence-electron chi connectivity index (χ3n) is 4.67. The van der Waals surface area contributed by atoms with E-state index in [4.69, 9.17) is 4.98 Å². The molecular formula is C21H16FN7. The summed E-state index contributed by atoms with van der Waals surface area (Å²) in [6.07, 6.45) is 6.83. The molecule has 0 atom stereocenters. The Hall–Kier alpha value is -4.07. The summed E-state index contributed by atoms with van der Waals surface area (Å²) in [7, 11) is 0. The molecule has 0 aliphatic heterocycles. The Labute approximate surface area is 165 Å². The molecule has 29 heavy (non-hydrogen) atoms. The van der Waals surface area contributed by atoms with Crippen LogP contribution in [0.2, 0.25) is 0 Å². The van der Waals surface area contributed by atoms with E-state index < -0.39 is 6.67 Å². The summed E-state index contributed by atoms with van der Waals surface area (Å²) in [4.78, 5) is 13.2. The van der Waals surface area contributed by atoms with E-state index in [2.05, 4.69) is 25.5 Å². The van der Waals surface area contributed by atoms with Gasteiger partial charge >= 0.3 is 0 Å². The highest BCUT2D eigenvalue weighted by Crippen LogP contribution is 2.30. The maximum absolute atomic E-state index is 13.6. The minimum atomic E-state index is -0.587. The Bertz CT molecular complexity index is 1280. The Morgan fingerprint density at radius 1 is 1.07 bits per heavy atom. The molecule has 0 spiro atoms. The number of rotatable bonds is 5. The molecule has 0 radical (unpaired) electrons. The van der Waals surface area contributed by atoms with Gasteiger partial charge in [-0.15, -0.1) is 0 Å². The van der Waals surface area contributed by atoms with Crippen LogP contribution in [0.5, 0.6) is 0 Å². The molecule has 2 N–H and O–H groups in total. The molecule has 0 unspecified atom stereocenters. The number of para-hydroxylation sites is 1. The number of benzene rings is 2. The lowest BCUT2D eigenvalue weighted by Crippen LogP contribution is -2.04. The van der Waals surface area contributed by atoms with Crippen molar-refractivity contribution in [1.82, 2.24) is 29.7 Å². The fraction of sp³-hybridized carbons (Fsp3) is 0.0476. The van der Waals surface area contributed by atoms with E-state index in [1.165, 1.54) is 0 Å². The van der Waals surface area contributed by atoms with Gasteiger partial charge in [0.15, 0.2) is 5.82 Å². The van der Waals surface area contributed by atoms with Crippen molar-refractivity contribution in [2.45, 2.75) is 6.67 Å². The fourth-order valence-electron chi connectivity index (χ4n) is 3.26. The predicted octanol–water partition coefficient (Wildman–Crippen LogP) is 4.42. The van der Waals surface area contributed by atoms with Gasteiger partial charge in [0.1, 0.15) is 12.4 Å². The number of imidazole rings is 1. The number of nitrogens with one attached hydrogen (secondary N) is 2. The number of hydrogen-bond donors (Lipinski definition) is 2. The number of aromatic nitrogens is 6. The molecule has 3 heterocycles. The van der Waals surface area contributed by atoms with Crippen LogP contribution >= 0.6 is 0 Å². The summed E-state index contributed by atoms with van der Waals surface area (Å²) in [5.74, 6) is 0.996. The second kappa shape index (κ2) is 7.16. The first-order chi connectivity index (χ1) is 14.3. The largest absolute Gasteiger partial charge is 0.307 e. The molecule has 3 aromatic heterocycles. The normalized spacial score (nSPS) is 11.1. The number of H-pyrrole nitrogens is 1. The van der Waals surface area contributed by atoms with Gasteiger partial charge in [-0.05, 0) is 17.7 Å². The van der Waals surface area contributed by atoms with Gasteiger partial charge in [0.05, 0.1) is 23.7 Å². The van der Waals surface area contributed by atoms with Crippen LogP contribution < -0.4 is 5.32 Å². The van der Waals surface area contributed by atoms with Crippen LogP contribution in [0.4, 0.5) is 16.2 Å². The summed E-state index contributed by atoms with van der Waals surface area (Å²) in [5.41, 5.74) is 3.49. The number of fused-ring (bicyclic) bond motifs is 1. The highest BCUT2D eigenvalue weighted by molar-refractivity contribution is 5.90. The zero-order valence-electron chi connectivity index (χ0n) is 15.2. The third kappa shape index (κ3) is 3.10. The Morgan fingerprint density at radius 3 is 2.79 bits per heavy atom. The van der Waals surface area contributed by atoms with Gasteiger partial charge in [0.2, 0.25) is 5.95 Å². The Kier molecular flexibility index (Phi) is 4.21. The predicted molar refractivity (Wildman–Crippen MR) is 109 cm³/mol. The van der Waals surface area contributed by atoms with Gasteiger partial charge < -0.3 is 9.88 Å². The van der Waals surface area contributed by atoms with E-state index in [0.717, 1.165) is 10.9 Å². The van der Waals surface area contributed by atoms with Gasteiger partial charge in [0, 0.05) is 23.3 Å². The SMILES string of the molecule is FCc1ccccc1-c1nc(Nc2n[nH]c3ccccc23)ncc1-n1ccnc1. The molecule has 142 valence electrons. The summed E-state index contributed by atoms with van der Waals surface area (Å²) < 4.78 is 15.4. The molecule has 0 saturated heterocycles. The lowest BCUT2D eigenvalue weighted by Gasteiger charge is -2.13. The maximum Gasteiger partial charge on any atom is 0.229 e. The summed E-state index contributed by atoms with van der Waals surface area (Å²) in [5, 5.41) is 11.4. The van der Waals surface area contributed by atoms with E-state index in [1.807, 2.05) is 42.5 Å². The van der Waals surface area contributed by atoms with Crippen molar-refractivity contribution in [2.75, 3.05) is 5.32 Å². The van der Waals surface area contributed by atoms with Crippen molar-refractivity contribution < 1.29 is 4.39 Å². The van der Waals surface area contributed by atoms with Crippen molar-refractivity contribution in [3.63, 3.8) is 0 Å². The van der Waals surface area contributed by atoms with E-state index in [9.17, 15) is 4.39 Å². The van der Waals surface area contributed by atoms with Gasteiger partial charge in [-0.2, -0.15) is 5.10 Å². The standard InChI is InChI=1S/C21H16FN7/c22-11-14-5-1-2-6-15(14)19-18(29-10-9-23-13-29)12-24-21(25-19)26-20-16-7-3-4-8-17(16)27-28-20/h1-10,12-13H,11H2,(H2,24,25,26,27,28). The first-order valence-electron chi connectivity index (χ1n) is 9.03. The van der Waals surface area contributed by atoms with Crippen LogP contribution in [0.25, 0.3) is 27.8 Å². The Balaban J connectivity index is 1.63. The van der Waals surface area contributed by atoms with E-state index >= 15 is 0 Å². The number of nitrogens with zero attached hydrogens (tertiary/aromatic N) is 5. The van der Waals surface area contributed by atoms with Crippen LogP contribution in [-0.2, 0) is 6.67 Å². The number of aromatic amines is 1. The zero-order valence-corrected chi connectivity index (χ0v) is 15.2.